The maximum atomic E-state index is 12.2. The van der Waals surface area contributed by atoms with E-state index in [2.05, 4.69) is 10.6 Å². The summed E-state index contributed by atoms with van der Waals surface area (Å²) in [5.74, 6) is -0.0200. The Labute approximate surface area is 150 Å². The smallest absolute Gasteiger partial charge is 0.270 e. The first-order valence-corrected chi connectivity index (χ1v) is 8.25. The van der Waals surface area contributed by atoms with Gasteiger partial charge in [0.2, 0.25) is 5.91 Å². The molecule has 26 heavy (non-hydrogen) atoms. The second kappa shape index (κ2) is 8.80. The molecule has 2 rings (SSSR count). The predicted molar refractivity (Wildman–Crippen MR) is 94.7 cm³/mol. The average molecular weight is 359 g/mol. The summed E-state index contributed by atoms with van der Waals surface area (Å²) < 4.78 is 5.25. The van der Waals surface area contributed by atoms with Gasteiger partial charge in [0.1, 0.15) is 11.8 Å². The molecule has 1 aromatic heterocycles. The highest BCUT2D eigenvalue weighted by molar-refractivity contribution is 5.97. The van der Waals surface area contributed by atoms with Crippen molar-refractivity contribution in [3.63, 3.8) is 0 Å². The molecular formula is C18H21N3O5. The minimum absolute atomic E-state index is 0.0928. The number of carbonyl (C=O) groups excluding carboxylic acids is 2. The van der Waals surface area contributed by atoms with Crippen molar-refractivity contribution in [3.8, 4) is 0 Å². The van der Waals surface area contributed by atoms with Gasteiger partial charge in [0, 0.05) is 30.2 Å². The van der Waals surface area contributed by atoms with Crippen LogP contribution >= 0.6 is 0 Å². The Morgan fingerprint density at radius 3 is 2.62 bits per heavy atom. The fourth-order valence-corrected chi connectivity index (χ4v) is 2.36. The van der Waals surface area contributed by atoms with Gasteiger partial charge in [0.25, 0.3) is 11.6 Å². The molecule has 8 nitrogen and oxygen atoms in total. The number of hydrogen-bond donors (Lipinski definition) is 2. The third kappa shape index (κ3) is 5.44. The van der Waals surface area contributed by atoms with Gasteiger partial charge in [-0.25, -0.2) is 0 Å². The van der Waals surface area contributed by atoms with E-state index in [0.717, 1.165) is 5.76 Å². The van der Waals surface area contributed by atoms with Gasteiger partial charge in [0.05, 0.1) is 11.2 Å². The highest BCUT2D eigenvalue weighted by atomic mass is 16.6. The summed E-state index contributed by atoms with van der Waals surface area (Å²) in [7, 11) is 0. The largest absolute Gasteiger partial charge is 0.469 e. The number of nitro benzene ring substituents is 1. The Bertz CT molecular complexity index is 773. The predicted octanol–water partition coefficient (Wildman–Crippen LogP) is 2.44. The second-order valence-corrected chi connectivity index (χ2v) is 6.03. The Hall–Kier alpha value is -3.16. The van der Waals surface area contributed by atoms with Crippen LogP contribution in [0.5, 0.6) is 0 Å². The Balaban J connectivity index is 1.84. The fourth-order valence-electron chi connectivity index (χ4n) is 2.36. The van der Waals surface area contributed by atoms with E-state index in [1.807, 2.05) is 19.1 Å². The number of nitro groups is 1. The minimum Gasteiger partial charge on any atom is -0.469 e. The molecule has 0 saturated heterocycles. The molecule has 2 amide bonds. The molecule has 0 spiro atoms. The van der Waals surface area contributed by atoms with Gasteiger partial charge < -0.3 is 15.1 Å². The van der Waals surface area contributed by atoms with Crippen LogP contribution in [-0.2, 0) is 11.2 Å². The van der Waals surface area contributed by atoms with Crippen LogP contribution in [0.4, 0.5) is 5.69 Å². The standard InChI is InChI=1S/C18H21N3O5/c1-12(8-9-16-7-4-10-26-16)19-17(22)13(2)20-18(23)14-5-3-6-15(11-14)21(24)25/h3-7,10-13H,8-9H2,1-2H3,(H,19,22)(H,20,23)/t12?,13-/m0/s1. The van der Waals surface area contributed by atoms with Gasteiger partial charge in [-0.1, -0.05) is 6.07 Å². The van der Waals surface area contributed by atoms with Crippen LogP contribution < -0.4 is 10.6 Å². The van der Waals surface area contributed by atoms with Crippen molar-refractivity contribution in [1.82, 2.24) is 10.6 Å². The van der Waals surface area contributed by atoms with E-state index in [-0.39, 0.29) is 23.2 Å². The molecule has 0 aliphatic heterocycles. The molecule has 1 aromatic carbocycles. The topological polar surface area (TPSA) is 114 Å². The highest BCUT2D eigenvalue weighted by Gasteiger charge is 2.19. The first-order valence-electron chi connectivity index (χ1n) is 8.25. The normalized spacial score (nSPS) is 12.8. The van der Waals surface area contributed by atoms with Crippen LogP contribution in [0.1, 0.15) is 36.4 Å². The van der Waals surface area contributed by atoms with E-state index in [1.165, 1.54) is 24.3 Å². The summed E-state index contributed by atoms with van der Waals surface area (Å²) in [6.45, 7) is 3.43. The molecule has 2 aromatic rings. The average Bonchev–Trinajstić information content (AvgIpc) is 3.13. The number of hydrogen-bond acceptors (Lipinski definition) is 5. The van der Waals surface area contributed by atoms with Crippen molar-refractivity contribution in [2.45, 2.75) is 38.8 Å². The van der Waals surface area contributed by atoms with Crippen LogP contribution in [0.25, 0.3) is 0 Å². The molecule has 1 heterocycles. The monoisotopic (exact) mass is 359 g/mol. The molecule has 0 radical (unpaired) electrons. The Morgan fingerprint density at radius 2 is 1.96 bits per heavy atom. The van der Waals surface area contributed by atoms with Crippen molar-refractivity contribution in [2.75, 3.05) is 0 Å². The van der Waals surface area contributed by atoms with Crippen molar-refractivity contribution >= 4 is 17.5 Å². The van der Waals surface area contributed by atoms with E-state index in [9.17, 15) is 19.7 Å². The third-order valence-corrected chi connectivity index (χ3v) is 3.85. The lowest BCUT2D eigenvalue weighted by atomic mass is 10.1. The zero-order valence-corrected chi connectivity index (χ0v) is 14.6. The number of amides is 2. The molecular weight excluding hydrogens is 338 g/mol. The lowest BCUT2D eigenvalue weighted by molar-refractivity contribution is -0.384. The molecule has 8 heteroatoms. The van der Waals surface area contributed by atoms with E-state index in [0.29, 0.717) is 12.8 Å². The molecule has 2 atom stereocenters. The van der Waals surface area contributed by atoms with E-state index in [1.54, 1.807) is 13.2 Å². The van der Waals surface area contributed by atoms with Crippen molar-refractivity contribution in [3.05, 3.63) is 64.1 Å². The number of carbonyl (C=O) groups is 2. The molecule has 138 valence electrons. The first-order chi connectivity index (χ1) is 12.4. The van der Waals surface area contributed by atoms with E-state index in [4.69, 9.17) is 4.42 Å². The highest BCUT2D eigenvalue weighted by Crippen LogP contribution is 2.13. The molecule has 0 bridgehead atoms. The number of furan rings is 1. The fraction of sp³-hybridized carbons (Fsp3) is 0.333. The Kier molecular flexibility index (Phi) is 6.48. The van der Waals surface area contributed by atoms with E-state index >= 15 is 0 Å². The molecule has 2 N–H and O–H groups in total. The number of rotatable bonds is 8. The van der Waals surface area contributed by atoms with Crippen molar-refractivity contribution in [2.24, 2.45) is 0 Å². The van der Waals surface area contributed by atoms with E-state index < -0.39 is 16.9 Å². The minimum atomic E-state index is -0.771. The van der Waals surface area contributed by atoms with Gasteiger partial charge >= 0.3 is 0 Å². The second-order valence-electron chi connectivity index (χ2n) is 6.03. The summed E-state index contributed by atoms with van der Waals surface area (Å²) in [6, 6.07) is 8.17. The SMILES string of the molecule is CC(CCc1ccco1)NC(=O)[C@H](C)NC(=O)c1cccc([N+](=O)[O-])c1. The van der Waals surface area contributed by atoms with Gasteiger partial charge in [-0.15, -0.1) is 0 Å². The van der Waals surface area contributed by atoms with Gasteiger partial charge in [-0.05, 0) is 38.5 Å². The lowest BCUT2D eigenvalue weighted by Gasteiger charge is -2.18. The van der Waals surface area contributed by atoms with Crippen LogP contribution in [0.15, 0.2) is 47.1 Å². The number of nitrogens with zero attached hydrogens (tertiary/aromatic N) is 1. The summed E-state index contributed by atoms with van der Waals surface area (Å²) in [4.78, 5) is 34.6. The molecule has 0 saturated carbocycles. The van der Waals surface area contributed by atoms with Gasteiger partial charge in [-0.2, -0.15) is 0 Å². The molecule has 0 aliphatic rings. The summed E-state index contributed by atoms with van der Waals surface area (Å²) in [5, 5.41) is 16.1. The van der Waals surface area contributed by atoms with Crippen molar-refractivity contribution in [1.29, 1.82) is 0 Å². The number of nitrogens with one attached hydrogen (secondary N) is 2. The number of aryl methyl sites for hydroxylation is 1. The third-order valence-electron chi connectivity index (χ3n) is 3.85. The zero-order valence-electron chi connectivity index (χ0n) is 14.6. The quantitative estimate of drug-likeness (QED) is 0.555. The number of non-ortho nitro benzene ring substituents is 1. The first kappa shape index (κ1) is 19.2. The van der Waals surface area contributed by atoms with Gasteiger partial charge in [-0.3, -0.25) is 19.7 Å². The maximum absolute atomic E-state index is 12.2. The maximum Gasteiger partial charge on any atom is 0.270 e. The zero-order chi connectivity index (χ0) is 19.1. The lowest BCUT2D eigenvalue weighted by Crippen LogP contribution is -2.47. The van der Waals surface area contributed by atoms with Crippen LogP contribution in [0.2, 0.25) is 0 Å². The summed E-state index contributed by atoms with van der Waals surface area (Å²) in [6.07, 6.45) is 3.00. The summed E-state index contributed by atoms with van der Waals surface area (Å²) in [5.41, 5.74) is -0.0500. The molecule has 1 unspecified atom stereocenters. The van der Waals surface area contributed by atoms with Crippen LogP contribution in [0.3, 0.4) is 0 Å². The number of benzene rings is 1. The Morgan fingerprint density at radius 1 is 1.19 bits per heavy atom. The van der Waals surface area contributed by atoms with Crippen molar-refractivity contribution < 1.29 is 18.9 Å². The summed E-state index contributed by atoms with van der Waals surface area (Å²) >= 11 is 0. The van der Waals surface area contributed by atoms with Gasteiger partial charge in [0.15, 0.2) is 0 Å². The molecule has 0 fully saturated rings. The van der Waals surface area contributed by atoms with Crippen LogP contribution in [0, 0.1) is 10.1 Å². The van der Waals surface area contributed by atoms with Crippen LogP contribution in [-0.4, -0.2) is 28.8 Å². The molecule has 0 aliphatic carbocycles.